The summed E-state index contributed by atoms with van der Waals surface area (Å²) in [6, 6.07) is 0. The minimum absolute atomic E-state index is 0.0189. The van der Waals surface area contributed by atoms with Crippen molar-refractivity contribution in [3.8, 4) is 0 Å². The van der Waals surface area contributed by atoms with Gasteiger partial charge in [-0.2, -0.15) is 5.10 Å². The third-order valence-corrected chi connectivity index (χ3v) is 4.15. The van der Waals surface area contributed by atoms with Gasteiger partial charge < -0.3 is 10.2 Å². The molecule has 8 nitrogen and oxygen atoms in total. The Hall–Kier alpha value is -2.12. The number of nitrogens with one attached hydrogen (secondary N) is 1. The number of carbonyl (C=O) groups excluding carboxylic acids is 2. The Morgan fingerprint density at radius 3 is 2.60 bits per heavy atom. The summed E-state index contributed by atoms with van der Waals surface area (Å²) >= 11 is 0. The molecule has 2 heterocycles. The Labute approximate surface area is 148 Å². The fraction of sp³-hybridized carbons (Fsp3) is 0.765. The fourth-order valence-corrected chi connectivity index (χ4v) is 2.96. The number of amides is 2. The third-order valence-electron chi connectivity index (χ3n) is 4.15. The number of hydrogen-bond donors (Lipinski definition) is 1. The minimum Gasteiger partial charge on any atom is -0.350 e. The van der Waals surface area contributed by atoms with E-state index in [4.69, 9.17) is 0 Å². The van der Waals surface area contributed by atoms with E-state index in [-0.39, 0.29) is 36.1 Å². The maximum absolute atomic E-state index is 12.5. The zero-order valence-corrected chi connectivity index (χ0v) is 15.7. The van der Waals surface area contributed by atoms with E-state index in [9.17, 15) is 14.4 Å². The van der Waals surface area contributed by atoms with E-state index < -0.39 is 0 Å². The summed E-state index contributed by atoms with van der Waals surface area (Å²) in [6.45, 7) is 8.40. The van der Waals surface area contributed by atoms with E-state index in [0.717, 1.165) is 31.5 Å². The molecular weight excluding hydrogens is 322 g/mol. The second-order valence-corrected chi connectivity index (χ2v) is 7.52. The van der Waals surface area contributed by atoms with E-state index >= 15 is 0 Å². The molecule has 0 saturated carbocycles. The highest BCUT2D eigenvalue weighted by molar-refractivity contribution is 5.85. The Morgan fingerprint density at radius 2 is 1.96 bits per heavy atom. The zero-order chi connectivity index (χ0) is 18.6. The molecule has 140 valence electrons. The van der Waals surface area contributed by atoms with E-state index in [1.165, 1.54) is 9.58 Å². The van der Waals surface area contributed by atoms with Gasteiger partial charge in [0, 0.05) is 25.0 Å². The van der Waals surface area contributed by atoms with E-state index in [0.29, 0.717) is 13.1 Å². The highest BCUT2D eigenvalue weighted by atomic mass is 16.2. The maximum Gasteiger partial charge on any atom is 0.346 e. The normalized spacial score (nSPS) is 14.6. The van der Waals surface area contributed by atoms with Crippen LogP contribution in [0.3, 0.4) is 0 Å². The molecule has 8 heteroatoms. The van der Waals surface area contributed by atoms with Crippen LogP contribution in [0.1, 0.15) is 52.8 Å². The number of aromatic nitrogens is 3. The first-order valence-electron chi connectivity index (χ1n) is 8.96. The zero-order valence-electron chi connectivity index (χ0n) is 15.7. The predicted molar refractivity (Wildman–Crippen MR) is 94.2 cm³/mol. The van der Waals surface area contributed by atoms with Crippen molar-refractivity contribution in [2.75, 3.05) is 13.1 Å². The smallest absolute Gasteiger partial charge is 0.346 e. The van der Waals surface area contributed by atoms with E-state index in [1.807, 2.05) is 27.7 Å². The Bertz CT molecular complexity index is 683. The van der Waals surface area contributed by atoms with Gasteiger partial charge in [0.2, 0.25) is 11.8 Å². The molecule has 1 N–H and O–H groups in total. The van der Waals surface area contributed by atoms with Crippen molar-refractivity contribution in [3.63, 3.8) is 0 Å². The molecule has 0 unspecified atom stereocenters. The van der Waals surface area contributed by atoms with Crippen LogP contribution in [0.4, 0.5) is 0 Å². The topological polar surface area (TPSA) is 89.2 Å². The lowest BCUT2D eigenvalue weighted by atomic mass is 10.1. The number of nitrogens with zero attached hydrogens (tertiary/aromatic N) is 4. The van der Waals surface area contributed by atoms with Crippen LogP contribution >= 0.6 is 0 Å². The van der Waals surface area contributed by atoms with Gasteiger partial charge in [0.15, 0.2) is 0 Å². The van der Waals surface area contributed by atoms with Crippen molar-refractivity contribution >= 4 is 11.8 Å². The number of hydrogen-bond acceptors (Lipinski definition) is 4. The molecule has 2 rings (SSSR count). The molecule has 2 amide bonds. The molecule has 0 aromatic carbocycles. The highest BCUT2D eigenvalue weighted by Crippen LogP contribution is 2.10. The summed E-state index contributed by atoms with van der Waals surface area (Å²) in [6.07, 6.45) is 3.83. The largest absolute Gasteiger partial charge is 0.350 e. The van der Waals surface area contributed by atoms with Crippen molar-refractivity contribution < 1.29 is 9.59 Å². The third kappa shape index (κ3) is 5.17. The van der Waals surface area contributed by atoms with Gasteiger partial charge in [-0.1, -0.05) is 6.42 Å². The first-order valence-corrected chi connectivity index (χ1v) is 8.96. The molecule has 0 radical (unpaired) electrons. The molecule has 1 aliphatic rings. The lowest BCUT2D eigenvalue weighted by molar-refractivity contribution is -0.137. The summed E-state index contributed by atoms with van der Waals surface area (Å²) in [5, 5.41) is 7.16. The van der Waals surface area contributed by atoms with Gasteiger partial charge in [0.05, 0.1) is 6.54 Å². The Morgan fingerprint density at radius 1 is 1.24 bits per heavy atom. The van der Waals surface area contributed by atoms with Gasteiger partial charge in [0.25, 0.3) is 0 Å². The molecule has 0 aliphatic carbocycles. The van der Waals surface area contributed by atoms with Crippen LogP contribution < -0.4 is 11.0 Å². The molecule has 1 aromatic heterocycles. The second-order valence-electron chi connectivity index (χ2n) is 7.52. The van der Waals surface area contributed by atoms with Crippen LogP contribution in [0.5, 0.6) is 0 Å². The summed E-state index contributed by atoms with van der Waals surface area (Å²) in [5.74, 6) is 0.265. The molecule has 0 bridgehead atoms. The second kappa shape index (κ2) is 7.84. The Balaban J connectivity index is 2.05. The lowest BCUT2D eigenvalue weighted by Gasteiger charge is -2.25. The molecular formula is C17H29N5O3. The fourth-order valence-electron chi connectivity index (χ4n) is 2.96. The molecule has 1 aromatic rings. The monoisotopic (exact) mass is 351 g/mol. The number of fused-ring (bicyclic) bond motifs is 1. The number of rotatable bonds is 5. The molecule has 0 fully saturated rings. The van der Waals surface area contributed by atoms with Crippen molar-refractivity contribution in [1.82, 2.24) is 24.6 Å². The van der Waals surface area contributed by atoms with Crippen molar-refractivity contribution in [3.05, 3.63) is 16.3 Å². The molecule has 0 saturated heterocycles. The van der Waals surface area contributed by atoms with Crippen LogP contribution in [0.15, 0.2) is 4.79 Å². The van der Waals surface area contributed by atoms with Crippen LogP contribution in [0.25, 0.3) is 0 Å². The molecule has 25 heavy (non-hydrogen) atoms. The van der Waals surface area contributed by atoms with E-state index in [2.05, 4.69) is 10.4 Å². The highest BCUT2D eigenvalue weighted by Gasteiger charge is 2.22. The lowest BCUT2D eigenvalue weighted by Crippen LogP contribution is -2.48. The van der Waals surface area contributed by atoms with Gasteiger partial charge >= 0.3 is 5.69 Å². The van der Waals surface area contributed by atoms with Gasteiger partial charge in [0.1, 0.15) is 12.4 Å². The standard InChI is InChI=1S/C17H29N5O3/c1-5-20(11-14(23)18-17(2,3)4)15(24)12-22-16(25)21-10-8-6-7-9-13(21)19-22/h5-12H2,1-4H3,(H,18,23). The van der Waals surface area contributed by atoms with Crippen LogP contribution in [-0.4, -0.2) is 49.7 Å². The average Bonchev–Trinajstić information content (AvgIpc) is 2.69. The number of aryl methyl sites for hydroxylation is 1. The molecule has 1 aliphatic heterocycles. The van der Waals surface area contributed by atoms with Gasteiger partial charge in [-0.05, 0) is 40.5 Å². The minimum atomic E-state index is -0.349. The van der Waals surface area contributed by atoms with Crippen molar-refractivity contribution in [2.24, 2.45) is 0 Å². The van der Waals surface area contributed by atoms with Crippen molar-refractivity contribution in [1.29, 1.82) is 0 Å². The summed E-state index contributed by atoms with van der Waals surface area (Å²) in [7, 11) is 0. The first-order chi connectivity index (χ1) is 11.7. The van der Waals surface area contributed by atoms with Gasteiger partial charge in [-0.15, -0.1) is 0 Å². The Kier molecular flexibility index (Phi) is 6.02. The van der Waals surface area contributed by atoms with Gasteiger partial charge in [-0.3, -0.25) is 14.2 Å². The van der Waals surface area contributed by atoms with Gasteiger partial charge in [-0.25, -0.2) is 9.48 Å². The predicted octanol–water partition coefficient (Wildman–Crippen LogP) is 0.534. The maximum atomic E-state index is 12.5. The summed E-state index contributed by atoms with van der Waals surface area (Å²) < 4.78 is 2.90. The molecule has 0 spiro atoms. The quantitative estimate of drug-likeness (QED) is 0.838. The van der Waals surface area contributed by atoms with Crippen LogP contribution in [-0.2, 0) is 29.1 Å². The summed E-state index contributed by atoms with van der Waals surface area (Å²) in [4.78, 5) is 38.4. The number of carbonyl (C=O) groups is 2. The first kappa shape index (κ1) is 19.2. The SMILES string of the molecule is CCN(CC(=O)NC(C)(C)C)C(=O)Cn1nc2n(c1=O)CCCCC2. The summed E-state index contributed by atoms with van der Waals surface area (Å²) in [5.41, 5.74) is -0.585. The van der Waals surface area contributed by atoms with Crippen molar-refractivity contribution in [2.45, 2.75) is 72.0 Å². The van der Waals surface area contributed by atoms with E-state index in [1.54, 1.807) is 4.57 Å². The average molecular weight is 351 g/mol. The molecule has 0 atom stereocenters. The van der Waals surface area contributed by atoms with Crippen LogP contribution in [0.2, 0.25) is 0 Å². The number of likely N-dealkylation sites (N-methyl/N-ethyl adjacent to an activating group) is 1. The van der Waals surface area contributed by atoms with Crippen LogP contribution in [0, 0.1) is 0 Å².